The van der Waals surface area contributed by atoms with Crippen molar-refractivity contribution in [1.82, 2.24) is 0 Å². The molecule has 2 N–H and O–H groups in total. The summed E-state index contributed by atoms with van der Waals surface area (Å²) in [4.78, 5) is 4.99. The fraction of sp³-hybridized carbons (Fsp3) is 0.565. The quantitative estimate of drug-likeness (QED) is 0.0491. The topological polar surface area (TPSA) is 46.9 Å². The molecule has 0 bridgehead atoms. The summed E-state index contributed by atoms with van der Waals surface area (Å²) in [5, 5.41) is 26.9. The lowest BCUT2D eigenvalue weighted by Crippen LogP contribution is -2.65. The van der Waals surface area contributed by atoms with Gasteiger partial charge in [-0.1, -0.05) is 326 Å². The van der Waals surface area contributed by atoms with E-state index in [1.54, 1.807) is 89.0 Å². The van der Waals surface area contributed by atoms with Crippen LogP contribution in [-0.2, 0) is 92.1 Å². The molecule has 4 nitrogen and oxygen atoms in total. The van der Waals surface area contributed by atoms with Gasteiger partial charge in [0.2, 0.25) is 0 Å². The van der Waals surface area contributed by atoms with Crippen LogP contribution < -0.4 is 9.80 Å². The summed E-state index contributed by atoms with van der Waals surface area (Å²) >= 11 is 0. The molecule has 9 aliphatic carbocycles. The Hall–Kier alpha value is -8.28. The third-order valence-electron chi connectivity index (χ3n) is 43.5. The van der Waals surface area contributed by atoms with Crippen LogP contribution in [0, 0.1) is 0 Å². The van der Waals surface area contributed by atoms with Crippen molar-refractivity contribution in [2.24, 2.45) is 0 Å². The van der Waals surface area contributed by atoms with Crippen LogP contribution >= 0.6 is 0 Å². The van der Waals surface area contributed by atoms with Gasteiger partial charge in [0.05, 0.1) is 12.2 Å². The predicted octanol–water partition coefficient (Wildman–Crippen LogP) is 38.4. The Morgan fingerprint density at radius 3 is 0.500 bits per heavy atom. The lowest BCUT2D eigenvalue weighted by atomic mass is 9.51. The number of hydrogen-bond donors (Lipinski definition) is 2. The summed E-state index contributed by atoms with van der Waals surface area (Å²) in [6, 6.07) is 68.6. The summed E-state index contributed by atoms with van der Waals surface area (Å²) in [5.74, 6) is -0.510. The molecule has 1 fully saturated rings. The number of nitrogens with zero attached hydrogens (tertiary/aromatic N) is 2. The first-order valence-corrected chi connectivity index (χ1v) is 57.6. The van der Waals surface area contributed by atoms with E-state index in [2.05, 4.69) is 408 Å². The molecule has 4 atom stereocenters. The Balaban J connectivity index is 0.720. The van der Waals surface area contributed by atoms with Crippen molar-refractivity contribution in [3.05, 3.63) is 270 Å². The van der Waals surface area contributed by atoms with Crippen LogP contribution in [0.15, 0.2) is 170 Å². The number of anilines is 6. The van der Waals surface area contributed by atoms with Crippen molar-refractivity contribution in [1.29, 1.82) is 0 Å². The van der Waals surface area contributed by atoms with Gasteiger partial charge in [0.25, 0.3) is 0 Å². The van der Waals surface area contributed by atoms with Crippen LogP contribution in [0.3, 0.4) is 0 Å². The molecule has 0 aromatic heterocycles. The first-order valence-electron chi connectivity index (χ1n) is 57.6. The fourth-order valence-electron chi connectivity index (χ4n) is 36.1. The SMILES string of the molecule is CCC1(CC)CC(C)(C)c2c1cc1c(c2-c2ccc(N(c3ccc(-c4c5c(cc6c4C(C)(C)CC6(CC)CC)C(CC)(CC)CC5(C)C)cc3)c3ccc(C4C(O)C(CC)(c5ccc(N(c6ccc(-c7c8c(cc9c7C(C)(C)CC9(CC)CC)C(CC)(CC)CC8(C)C)cc6)c6ccc(-c7c8c(cc9c7C(C)(C)CC9(CC)CC)C(CC)(CC)CC8(C)C)cc6)cc5)[C@@H]4O)cc3)cc2)C(C)(C)CC1(CC)CC. The Morgan fingerprint density at radius 2 is 0.352 bits per heavy atom. The molecule has 3 unspecified atom stereocenters. The lowest BCUT2D eigenvalue weighted by Gasteiger charge is -2.57. The van der Waals surface area contributed by atoms with Crippen LogP contribution in [0.1, 0.15) is 495 Å². The van der Waals surface area contributed by atoms with E-state index in [1.165, 1.54) is 44.5 Å². The molecule has 0 saturated heterocycles. The van der Waals surface area contributed by atoms with Gasteiger partial charge >= 0.3 is 0 Å². The van der Waals surface area contributed by atoms with Gasteiger partial charge in [-0.2, -0.15) is 0 Å². The molecule has 1 saturated carbocycles. The Morgan fingerprint density at radius 1 is 0.204 bits per heavy atom. The second-order valence-electron chi connectivity index (χ2n) is 53.6. The normalized spacial score (nSPS) is 23.9. The first kappa shape index (κ1) is 102. The summed E-state index contributed by atoms with van der Waals surface area (Å²) in [6.45, 7) is 82.4. The van der Waals surface area contributed by atoms with Crippen molar-refractivity contribution in [3.8, 4) is 44.5 Å². The van der Waals surface area contributed by atoms with E-state index >= 15 is 0 Å². The van der Waals surface area contributed by atoms with Crippen molar-refractivity contribution in [2.75, 3.05) is 9.80 Å². The number of fused-ring (bicyclic) bond motifs is 8. The minimum Gasteiger partial charge on any atom is -0.391 e. The van der Waals surface area contributed by atoms with Gasteiger partial charge in [-0.25, -0.2) is 0 Å². The maximum absolute atomic E-state index is 13.4. The van der Waals surface area contributed by atoms with Crippen molar-refractivity contribution in [2.45, 2.75) is 499 Å². The van der Waals surface area contributed by atoms with Gasteiger partial charge in [0.1, 0.15) is 0 Å². The average Bonchev–Trinajstić information content (AvgIpc) is 1.53. The van der Waals surface area contributed by atoms with Gasteiger partial charge in [0, 0.05) is 45.5 Å². The fourth-order valence-corrected chi connectivity index (χ4v) is 36.1. The van der Waals surface area contributed by atoms with Crippen LogP contribution in [0.4, 0.5) is 34.1 Å². The maximum Gasteiger partial charge on any atom is 0.0755 e. The van der Waals surface area contributed by atoms with Gasteiger partial charge in [-0.05, 0) is 465 Å². The highest BCUT2D eigenvalue weighted by molar-refractivity contribution is 5.90. The number of hydrogen-bond acceptors (Lipinski definition) is 4. The van der Waals surface area contributed by atoms with E-state index in [-0.39, 0.29) is 86.6 Å². The smallest absolute Gasteiger partial charge is 0.0755 e. The molecule has 0 radical (unpaired) electrons. The molecular formula is C138H182N2O2. The van der Waals surface area contributed by atoms with Crippen LogP contribution in [0.5, 0.6) is 0 Å². The van der Waals surface area contributed by atoms with Gasteiger partial charge < -0.3 is 20.0 Å². The zero-order valence-corrected chi connectivity index (χ0v) is 94.9. The molecule has 0 heterocycles. The predicted molar refractivity (Wildman–Crippen MR) is 610 cm³/mol. The third-order valence-corrected chi connectivity index (χ3v) is 43.5. The highest BCUT2D eigenvalue weighted by atomic mass is 16.3. The molecule has 19 rings (SSSR count). The zero-order valence-electron chi connectivity index (χ0n) is 94.9. The largest absolute Gasteiger partial charge is 0.391 e. The Bertz CT molecular complexity index is 5920. The number of benzene rings is 10. The van der Waals surface area contributed by atoms with E-state index < -0.39 is 23.5 Å². The van der Waals surface area contributed by atoms with Gasteiger partial charge in [0.15, 0.2) is 0 Å². The monoisotopic (exact) mass is 1900 g/mol. The van der Waals surface area contributed by atoms with Crippen molar-refractivity contribution < 1.29 is 10.2 Å². The first-order chi connectivity index (χ1) is 67.1. The summed E-state index contributed by atoms with van der Waals surface area (Å²) in [5.41, 5.74) is 45.3. The highest BCUT2D eigenvalue weighted by Crippen LogP contribution is 2.71. The molecule has 10 aromatic carbocycles. The minimum atomic E-state index is -0.916. The highest BCUT2D eigenvalue weighted by Gasteiger charge is 2.64. The molecule has 10 aromatic rings. The van der Waals surface area contributed by atoms with E-state index in [0.717, 1.165) is 199 Å². The Kier molecular flexibility index (Phi) is 25.0. The number of aliphatic hydroxyl groups excluding tert-OH is 2. The van der Waals surface area contributed by atoms with Crippen molar-refractivity contribution >= 4 is 34.1 Å². The zero-order chi connectivity index (χ0) is 102. The van der Waals surface area contributed by atoms with Crippen LogP contribution in [0.25, 0.3) is 44.5 Å². The molecule has 0 aliphatic heterocycles. The summed E-state index contributed by atoms with van der Waals surface area (Å²) < 4.78 is 0. The second kappa shape index (κ2) is 34.7. The van der Waals surface area contributed by atoms with Crippen molar-refractivity contribution in [3.63, 3.8) is 0 Å². The Labute approximate surface area is 861 Å². The van der Waals surface area contributed by atoms with E-state index in [4.69, 9.17) is 0 Å². The van der Waals surface area contributed by atoms with Gasteiger partial charge in [-0.3, -0.25) is 0 Å². The molecule has 9 aliphatic rings. The third kappa shape index (κ3) is 14.3. The second-order valence-corrected chi connectivity index (χ2v) is 53.6. The van der Waals surface area contributed by atoms with Crippen LogP contribution in [0.2, 0.25) is 0 Å². The number of aliphatic hydroxyl groups is 2. The standard InChI is InChI=1S/C138H182N2O2/c1-34-130(35-2)79-122(18,19)112-99(130)75-100-113(123(20,21)80-131(100,36-3)37-4)107(112)87-51-63-93(64-52-87)139(94-65-53-88(54-66-94)108-114-101(132(38-5,39-6)81-124(114,22)23)76-102-115(108)125(24,25)82-133(102,40-7)41-8)97-71-59-91(60-72-97)111-120(141)138(50-17,121(111)142)92-61-73-98(74-62-92)140(95-67-55-89(56-68-95)109-116-103(134(42-9,43-10)83-126(116,26)27)77-104-117(109)127(28,29)84-135(104,44-11)45-12)96-69-57-90(58-70-96)110-118-105(136(46-13,47-14)85-128(118,30)31)78-106-119(110)129(32,33)86-137(106,48-15)49-16/h51-78,111,120-121,141-142H,34-50,79-86H2,1-33H3/t111?,120-,121?,138?/m1/s1. The maximum atomic E-state index is 13.4. The molecule has 0 spiro atoms. The number of rotatable bonds is 29. The average molecular weight is 1900 g/mol. The minimum absolute atomic E-state index is 0.00868. The van der Waals surface area contributed by atoms with E-state index in [1.807, 2.05) is 0 Å². The molecule has 142 heavy (non-hydrogen) atoms. The molecule has 756 valence electrons. The lowest BCUT2D eigenvalue weighted by molar-refractivity contribution is -0.143. The molecule has 0 amide bonds. The van der Waals surface area contributed by atoms with E-state index in [9.17, 15) is 10.2 Å². The van der Waals surface area contributed by atoms with E-state index in [0.29, 0.717) is 6.42 Å². The summed E-state index contributed by atoms with van der Waals surface area (Å²) in [7, 11) is 0. The molecule has 4 heteroatoms. The molecular weight excluding hydrogens is 1720 g/mol. The van der Waals surface area contributed by atoms with Gasteiger partial charge in [-0.15, -0.1) is 0 Å². The summed E-state index contributed by atoms with van der Waals surface area (Å²) in [6.07, 6.45) is 26.4. The van der Waals surface area contributed by atoms with Crippen LogP contribution in [-0.4, -0.2) is 22.4 Å².